The Hall–Kier alpha value is -3.65. The van der Waals surface area contributed by atoms with Crippen molar-refractivity contribution in [2.45, 2.75) is 24.7 Å². The van der Waals surface area contributed by atoms with Gasteiger partial charge in [0.15, 0.2) is 9.84 Å². The lowest BCUT2D eigenvalue weighted by molar-refractivity contribution is -0.116. The minimum absolute atomic E-state index is 0.134. The number of methoxy groups -OCH3 is 1. The Morgan fingerprint density at radius 2 is 1.79 bits per heavy atom. The number of nitrogens with one attached hydrogen (secondary N) is 2. The molecular formula is C26H25FN2O4S. The lowest BCUT2D eigenvalue weighted by Crippen LogP contribution is -2.14. The predicted molar refractivity (Wildman–Crippen MR) is 131 cm³/mol. The molecule has 1 amide bonds. The summed E-state index contributed by atoms with van der Waals surface area (Å²) < 4.78 is 43.0. The van der Waals surface area contributed by atoms with Crippen LogP contribution in [0.15, 0.2) is 65.6 Å². The van der Waals surface area contributed by atoms with E-state index < -0.39 is 9.84 Å². The van der Waals surface area contributed by atoms with Crippen molar-refractivity contribution < 1.29 is 22.3 Å². The Morgan fingerprint density at radius 1 is 1.06 bits per heavy atom. The second-order valence-electron chi connectivity index (χ2n) is 8.19. The van der Waals surface area contributed by atoms with Crippen molar-refractivity contribution in [3.8, 4) is 17.0 Å². The molecule has 2 N–H and O–H groups in total. The van der Waals surface area contributed by atoms with E-state index in [9.17, 15) is 17.6 Å². The number of aromatic nitrogens is 1. The largest absolute Gasteiger partial charge is 0.497 e. The van der Waals surface area contributed by atoms with Gasteiger partial charge in [-0.2, -0.15) is 0 Å². The molecule has 0 fully saturated rings. The zero-order valence-electron chi connectivity index (χ0n) is 19.1. The molecule has 0 bridgehead atoms. The Morgan fingerprint density at radius 3 is 2.47 bits per heavy atom. The van der Waals surface area contributed by atoms with Crippen molar-refractivity contribution in [2.24, 2.45) is 0 Å². The van der Waals surface area contributed by atoms with E-state index in [1.807, 2.05) is 24.3 Å². The highest BCUT2D eigenvalue weighted by molar-refractivity contribution is 7.90. The third kappa shape index (κ3) is 4.97. The van der Waals surface area contributed by atoms with Crippen molar-refractivity contribution in [1.29, 1.82) is 0 Å². The molecule has 0 aliphatic rings. The van der Waals surface area contributed by atoms with Gasteiger partial charge in [0.2, 0.25) is 5.91 Å². The predicted octanol–water partition coefficient (Wildman–Crippen LogP) is 5.27. The van der Waals surface area contributed by atoms with Crippen LogP contribution in [-0.2, 0) is 21.1 Å². The van der Waals surface area contributed by atoms with E-state index in [4.69, 9.17) is 4.74 Å². The van der Waals surface area contributed by atoms with Gasteiger partial charge in [-0.15, -0.1) is 0 Å². The zero-order chi connectivity index (χ0) is 24.5. The van der Waals surface area contributed by atoms with Gasteiger partial charge >= 0.3 is 0 Å². The van der Waals surface area contributed by atoms with E-state index in [0.29, 0.717) is 17.5 Å². The van der Waals surface area contributed by atoms with Crippen LogP contribution in [0.5, 0.6) is 5.75 Å². The van der Waals surface area contributed by atoms with Crippen LogP contribution in [0, 0.1) is 12.7 Å². The number of H-pyrrole nitrogens is 1. The minimum atomic E-state index is -3.40. The number of aryl methyl sites for hydroxylation is 2. The number of sulfone groups is 1. The molecule has 0 spiro atoms. The molecule has 176 valence electrons. The average Bonchev–Trinajstić information content (AvgIpc) is 3.16. The fourth-order valence-electron chi connectivity index (χ4n) is 3.90. The molecule has 0 saturated carbocycles. The molecule has 1 aromatic heterocycles. The van der Waals surface area contributed by atoms with Crippen molar-refractivity contribution in [3.05, 3.63) is 77.6 Å². The van der Waals surface area contributed by atoms with Gasteiger partial charge in [-0.05, 0) is 84.6 Å². The van der Waals surface area contributed by atoms with Crippen LogP contribution in [0.4, 0.5) is 10.1 Å². The molecule has 6 nitrogen and oxygen atoms in total. The van der Waals surface area contributed by atoms with Gasteiger partial charge in [0, 0.05) is 35.0 Å². The van der Waals surface area contributed by atoms with E-state index in [0.717, 1.165) is 39.9 Å². The summed E-state index contributed by atoms with van der Waals surface area (Å²) in [6.07, 6.45) is 1.62. The molecule has 4 rings (SSSR count). The maximum Gasteiger partial charge on any atom is 0.224 e. The number of anilines is 1. The molecule has 0 atom stereocenters. The highest BCUT2D eigenvalue weighted by atomic mass is 32.2. The van der Waals surface area contributed by atoms with Gasteiger partial charge in [0.1, 0.15) is 11.6 Å². The Balaban J connectivity index is 1.62. The molecule has 0 aliphatic carbocycles. The van der Waals surface area contributed by atoms with Crippen LogP contribution in [0.2, 0.25) is 0 Å². The highest BCUT2D eigenvalue weighted by Gasteiger charge is 2.17. The number of carbonyl (C=O) groups excluding carboxylic acids is 1. The van der Waals surface area contributed by atoms with Crippen molar-refractivity contribution in [1.82, 2.24) is 4.98 Å². The third-order valence-corrected chi connectivity index (χ3v) is 6.87. The van der Waals surface area contributed by atoms with Gasteiger partial charge in [0.05, 0.1) is 12.0 Å². The Labute approximate surface area is 197 Å². The number of hydrogen-bond donors (Lipinski definition) is 2. The number of fused-ring (bicyclic) bond motifs is 1. The summed E-state index contributed by atoms with van der Waals surface area (Å²) in [5.41, 5.74) is 4.52. The van der Waals surface area contributed by atoms with Crippen LogP contribution in [-0.4, -0.2) is 32.7 Å². The van der Waals surface area contributed by atoms with Crippen LogP contribution >= 0.6 is 0 Å². The van der Waals surface area contributed by atoms with Gasteiger partial charge in [0.25, 0.3) is 0 Å². The summed E-state index contributed by atoms with van der Waals surface area (Å²) in [4.78, 5) is 16.3. The lowest BCUT2D eigenvalue weighted by atomic mass is 10.0. The Bertz CT molecular complexity index is 1470. The van der Waals surface area contributed by atoms with Gasteiger partial charge in [-0.1, -0.05) is 6.07 Å². The number of aromatic amines is 1. The summed E-state index contributed by atoms with van der Waals surface area (Å²) in [5.74, 6) is 0.102. The Kier molecular flexibility index (Phi) is 6.43. The molecule has 8 heteroatoms. The standard InChI is InChI=1S/C26H25FN2O4S/c1-16-4-10-20(34(3,31)32)15-24(16)28-25(30)13-11-21-22-14-18(27)7-12-23(22)29-26(21)17-5-8-19(33-2)9-6-17/h4-10,12,14-15,29H,11,13H2,1-3H3,(H,28,30). The molecular weight excluding hydrogens is 455 g/mol. The first-order valence-electron chi connectivity index (χ1n) is 10.7. The fourth-order valence-corrected chi connectivity index (χ4v) is 4.55. The summed E-state index contributed by atoms with van der Waals surface area (Å²) >= 11 is 0. The van der Waals surface area contributed by atoms with E-state index in [1.54, 1.807) is 26.2 Å². The topological polar surface area (TPSA) is 88.3 Å². The van der Waals surface area contributed by atoms with Crippen LogP contribution in [0.1, 0.15) is 17.5 Å². The number of rotatable bonds is 7. The van der Waals surface area contributed by atoms with E-state index in [2.05, 4.69) is 10.3 Å². The number of benzene rings is 3. The molecule has 4 aromatic rings. The molecule has 3 aromatic carbocycles. The van der Waals surface area contributed by atoms with Crippen LogP contribution in [0.3, 0.4) is 0 Å². The summed E-state index contributed by atoms with van der Waals surface area (Å²) in [6.45, 7) is 1.80. The molecule has 0 radical (unpaired) electrons. The van der Waals surface area contributed by atoms with Crippen molar-refractivity contribution in [2.75, 3.05) is 18.7 Å². The van der Waals surface area contributed by atoms with Gasteiger partial charge < -0.3 is 15.0 Å². The number of halogens is 1. The smallest absolute Gasteiger partial charge is 0.224 e. The van der Waals surface area contributed by atoms with E-state index in [1.165, 1.54) is 24.3 Å². The molecule has 1 heterocycles. The van der Waals surface area contributed by atoms with Crippen LogP contribution < -0.4 is 10.1 Å². The first-order chi connectivity index (χ1) is 16.2. The monoisotopic (exact) mass is 480 g/mol. The zero-order valence-corrected chi connectivity index (χ0v) is 19.9. The minimum Gasteiger partial charge on any atom is -0.497 e. The first-order valence-corrected chi connectivity index (χ1v) is 12.6. The SMILES string of the molecule is COc1ccc(-c2[nH]c3ccc(F)cc3c2CCC(=O)Nc2cc(S(C)(=O)=O)ccc2C)cc1. The number of amides is 1. The summed E-state index contributed by atoms with van der Waals surface area (Å²) in [7, 11) is -1.80. The normalized spacial score (nSPS) is 11.5. The average molecular weight is 481 g/mol. The van der Waals surface area contributed by atoms with E-state index in [-0.39, 0.29) is 23.0 Å². The molecule has 0 unspecified atom stereocenters. The fraction of sp³-hybridized carbons (Fsp3) is 0.192. The lowest BCUT2D eigenvalue weighted by Gasteiger charge is -2.11. The van der Waals surface area contributed by atoms with Gasteiger partial charge in [-0.3, -0.25) is 4.79 Å². The number of hydrogen-bond acceptors (Lipinski definition) is 4. The second kappa shape index (κ2) is 9.30. The third-order valence-electron chi connectivity index (χ3n) is 5.76. The maximum absolute atomic E-state index is 14.0. The second-order valence-corrected chi connectivity index (χ2v) is 10.2. The highest BCUT2D eigenvalue weighted by Crippen LogP contribution is 2.33. The van der Waals surface area contributed by atoms with Gasteiger partial charge in [-0.25, -0.2) is 12.8 Å². The first kappa shape index (κ1) is 23.5. The molecule has 34 heavy (non-hydrogen) atoms. The quantitative estimate of drug-likeness (QED) is 0.377. The summed E-state index contributed by atoms with van der Waals surface area (Å²) in [6, 6.07) is 16.7. The van der Waals surface area contributed by atoms with E-state index >= 15 is 0 Å². The molecule has 0 aliphatic heterocycles. The number of ether oxygens (including phenoxy) is 1. The van der Waals surface area contributed by atoms with Crippen molar-refractivity contribution >= 4 is 32.3 Å². The summed E-state index contributed by atoms with van der Waals surface area (Å²) in [5, 5.41) is 3.53. The molecule has 0 saturated heterocycles. The van der Waals surface area contributed by atoms with Crippen LogP contribution in [0.25, 0.3) is 22.2 Å². The number of carbonyl (C=O) groups is 1. The van der Waals surface area contributed by atoms with Crippen molar-refractivity contribution in [3.63, 3.8) is 0 Å². The maximum atomic E-state index is 14.0.